The molecule has 0 amide bonds. The number of thioether (sulfide) groups is 1. The van der Waals surface area contributed by atoms with E-state index in [1.807, 2.05) is 28.8 Å². The zero-order valence-corrected chi connectivity index (χ0v) is 18.8. The molecule has 0 saturated carbocycles. The number of benzene rings is 2. The molecule has 8 heteroatoms. The molecule has 0 fully saturated rings. The Hall–Kier alpha value is -3.03. The number of aromatic nitrogens is 3. The Morgan fingerprint density at radius 1 is 1.13 bits per heavy atom. The molecule has 0 unspecified atom stereocenters. The summed E-state index contributed by atoms with van der Waals surface area (Å²) in [5.41, 5.74) is 4.11. The molecule has 4 aromatic rings. The van der Waals surface area contributed by atoms with E-state index >= 15 is 0 Å². The highest BCUT2D eigenvalue weighted by Crippen LogP contribution is 2.32. The van der Waals surface area contributed by atoms with E-state index in [4.69, 9.17) is 20.8 Å². The molecule has 2 heterocycles. The largest absolute Gasteiger partial charge is 0.463 e. The molecule has 0 spiro atoms. The third-order valence-corrected chi connectivity index (χ3v) is 5.90. The molecule has 0 radical (unpaired) electrons. The number of methoxy groups -OCH3 is 1. The van der Waals surface area contributed by atoms with E-state index in [1.54, 1.807) is 12.1 Å². The van der Waals surface area contributed by atoms with Crippen molar-refractivity contribution in [1.29, 1.82) is 0 Å². The smallest absolute Gasteiger partial charge is 0.373 e. The van der Waals surface area contributed by atoms with Crippen molar-refractivity contribution in [2.45, 2.75) is 24.8 Å². The summed E-state index contributed by atoms with van der Waals surface area (Å²) in [7, 11) is 1.32. The van der Waals surface area contributed by atoms with Crippen LogP contribution in [0.3, 0.4) is 0 Å². The minimum absolute atomic E-state index is 0.175. The zero-order chi connectivity index (χ0) is 22.0. The molecule has 158 valence electrons. The topological polar surface area (TPSA) is 70.2 Å². The summed E-state index contributed by atoms with van der Waals surface area (Å²) in [5.74, 6) is 1.50. The van der Waals surface area contributed by atoms with Gasteiger partial charge < -0.3 is 9.15 Å². The summed E-state index contributed by atoms with van der Waals surface area (Å²) >= 11 is 7.70. The van der Waals surface area contributed by atoms with Gasteiger partial charge in [0.2, 0.25) is 5.76 Å². The Morgan fingerprint density at radius 2 is 1.97 bits per heavy atom. The summed E-state index contributed by atoms with van der Waals surface area (Å²) < 4.78 is 12.3. The molecular formula is C23H20ClN3O3S. The van der Waals surface area contributed by atoms with Gasteiger partial charge in [0.15, 0.2) is 11.0 Å². The minimum atomic E-state index is -0.502. The summed E-state index contributed by atoms with van der Waals surface area (Å²) in [5, 5.41) is 10.2. The van der Waals surface area contributed by atoms with E-state index in [2.05, 4.69) is 42.2 Å². The maximum absolute atomic E-state index is 11.6. The lowest BCUT2D eigenvalue weighted by Gasteiger charge is -2.14. The third-order valence-electron chi connectivity index (χ3n) is 4.71. The maximum atomic E-state index is 11.6. The first kappa shape index (κ1) is 21.2. The molecule has 0 aliphatic carbocycles. The van der Waals surface area contributed by atoms with Gasteiger partial charge in [-0.15, -0.1) is 10.2 Å². The zero-order valence-electron chi connectivity index (χ0n) is 17.3. The molecule has 0 aliphatic heterocycles. The Labute approximate surface area is 189 Å². The highest BCUT2D eigenvalue weighted by Gasteiger charge is 2.19. The number of halogens is 1. The average molecular weight is 454 g/mol. The van der Waals surface area contributed by atoms with Crippen molar-refractivity contribution < 1.29 is 13.9 Å². The van der Waals surface area contributed by atoms with E-state index in [-0.39, 0.29) is 5.76 Å². The summed E-state index contributed by atoms with van der Waals surface area (Å²) in [4.78, 5) is 11.6. The molecule has 0 bridgehead atoms. The van der Waals surface area contributed by atoms with Gasteiger partial charge in [-0.3, -0.25) is 4.57 Å². The number of hydrogen-bond donors (Lipinski definition) is 0. The van der Waals surface area contributed by atoms with Crippen molar-refractivity contribution >= 4 is 29.3 Å². The molecular weight excluding hydrogens is 434 g/mol. The van der Waals surface area contributed by atoms with Crippen molar-refractivity contribution in [3.63, 3.8) is 0 Å². The van der Waals surface area contributed by atoms with Gasteiger partial charge in [0, 0.05) is 10.6 Å². The predicted molar refractivity (Wildman–Crippen MR) is 121 cm³/mol. The second-order valence-electron chi connectivity index (χ2n) is 6.99. The lowest BCUT2D eigenvalue weighted by Crippen LogP contribution is -2.02. The van der Waals surface area contributed by atoms with E-state index in [0.29, 0.717) is 27.5 Å². The summed E-state index contributed by atoms with van der Waals surface area (Å²) in [6.07, 6.45) is 0. The number of rotatable bonds is 6. The molecule has 2 aromatic heterocycles. The number of hydrogen-bond acceptors (Lipinski definition) is 6. The molecule has 0 aliphatic rings. The van der Waals surface area contributed by atoms with Crippen molar-refractivity contribution in [2.24, 2.45) is 0 Å². The minimum Gasteiger partial charge on any atom is -0.463 e. The fraction of sp³-hybridized carbons (Fsp3) is 0.174. The van der Waals surface area contributed by atoms with Gasteiger partial charge in [0.05, 0.1) is 18.6 Å². The number of aryl methyl sites for hydroxylation is 2. The van der Waals surface area contributed by atoms with Gasteiger partial charge in [-0.2, -0.15) is 0 Å². The van der Waals surface area contributed by atoms with Crippen LogP contribution in [0, 0.1) is 13.8 Å². The van der Waals surface area contributed by atoms with Crippen LogP contribution in [0.1, 0.15) is 27.4 Å². The van der Waals surface area contributed by atoms with Crippen molar-refractivity contribution in [1.82, 2.24) is 14.8 Å². The van der Waals surface area contributed by atoms with E-state index in [0.717, 1.165) is 22.4 Å². The number of esters is 1. The summed E-state index contributed by atoms with van der Waals surface area (Å²) in [6.45, 7) is 4.11. The lowest BCUT2D eigenvalue weighted by molar-refractivity contribution is 0.0563. The van der Waals surface area contributed by atoms with Crippen LogP contribution in [-0.4, -0.2) is 27.8 Å². The molecule has 4 rings (SSSR count). The lowest BCUT2D eigenvalue weighted by atomic mass is 10.1. The second-order valence-corrected chi connectivity index (χ2v) is 8.37. The standard InChI is InChI=1S/C23H20ClN3O3S/c1-14-7-8-15(2)19(11-14)27-21(16-5-4-6-17(24)12-16)25-26-23(27)31-13-18-9-10-20(30-18)22(28)29-3/h4-12H,13H2,1-3H3. The fourth-order valence-corrected chi connectivity index (χ4v) is 4.19. The van der Waals surface area contributed by atoms with Crippen LogP contribution in [-0.2, 0) is 10.5 Å². The second kappa shape index (κ2) is 8.99. The Kier molecular flexibility index (Phi) is 6.15. The maximum Gasteiger partial charge on any atom is 0.373 e. The van der Waals surface area contributed by atoms with Crippen molar-refractivity contribution in [3.05, 3.63) is 82.3 Å². The summed E-state index contributed by atoms with van der Waals surface area (Å²) in [6, 6.07) is 17.2. The van der Waals surface area contributed by atoms with Crippen LogP contribution < -0.4 is 0 Å². The molecule has 2 aromatic carbocycles. The molecule has 0 atom stereocenters. The SMILES string of the molecule is COC(=O)c1ccc(CSc2nnc(-c3cccc(Cl)c3)n2-c2cc(C)ccc2C)o1. The van der Waals surface area contributed by atoms with Gasteiger partial charge in [-0.25, -0.2) is 4.79 Å². The number of carbonyl (C=O) groups excluding carboxylic acids is 1. The molecule has 0 saturated heterocycles. The average Bonchev–Trinajstić information content (AvgIpc) is 3.40. The van der Waals surface area contributed by atoms with Crippen LogP contribution in [0.5, 0.6) is 0 Å². The van der Waals surface area contributed by atoms with E-state index in [9.17, 15) is 4.79 Å². The normalized spacial score (nSPS) is 11.0. The quantitative estimate of drug-likeness (QED) is 0.268. The van der Waals surface area contributed by atoms with Gasteiger partial charge in [0.1, 0.15) is 5.76 Å². The Bertz CT molecular complexity index is 1250. The number of carbonyl (C=O) groups is 1. The number of ether oxygens (including phenoxy) is 1. The third kappa shape index (κ3) is 4.52. The highest BCUT2D eigenvalue weighted by molar-refractivity contribution is 7.98. The first-order chi connectivity index (χ1) is 15.0. The van der Waals surface area contributed by atoms with E-state index < -0.39 is 5.97 Å². The first-order valence-corrected chi connectivity index (χ1v) is 10.9. The van der Waals surface area contributed by atoms with Crippen LogP contribution in [0.2, 0.25) is 5.02 Å². The van der Waals surface area contributed by atoms with Crippen molar-refractivity contribution in [2.75, 3.05) is 7.11 Å². The van der Waals surface area contributed by atoms with E-state index in [1.165, 1.54) is 18.9 Å². The number of furan rings is 1. The first-order valence-electron chi connectivity index (χ1n) is 9.55. The molecule has 0 N–H and O–H groups in total. The predicted octanol–water partition coefficient (Wildman–Crippen LogP) is 5.88. The van der Waals surface area contributed by atoms with Crippen LogP contribution in [0.15, 0.2) is 64.2 Å². The molecule has 31 heavy (non-hydrogen) atoms. The van der Waals surface area contributed by atoms with Gasteiger partial charge in [-0.1, -0.05) is 47.6 Å². The highest BCUT2D eigenvalue weighted by atomic mass is 35.5. The Morgan fingerprint density at radius 3 is 2.74 bits per heavy atom. The monoisotopic (exact) mass is 453 g/mol. The van der Waals surface area contributed by atoms with Crippen LogP contribution >= 0.6 is 23.4 Å². The van der Waals surface area contributed by atoms with Crippen LogP contribution in [0.4, 0.5) is 0 Å². The Balaban J connectivity index is 1.73. The fourth-order valence-electron chi connectivity index (χ4n) is 3.16. The number of nitrogens with zero attached hydrogens (tertiary/aromatic N) is 3. The molecule has 6 nitrogen and oxygen atoms in total. The van der Waals surface area contributed by atoms with Gasteiger partial charge in [-0.05, 0) is 55.3 Å². The van der Waals surface area contributed by atoms with Crippen molar-refractivity contribution in [3.8, 4) is 17.1 Å². The van der Waals surface area contributed by atoms with Gasteiger partial charge >= 0.3 is 5.97 Å². The van der Waals surface area contributed by atoms with Gasteiger partial charge in [0.25, 0.3) is 0 Å². The van der Waals surface area contributed by atoms with Crippen LogP contribution in [0.25, 0.3) is 17.1 Å².